The van der Waals surface area contributed by atoms with Crippen molar-refractivity contribution in [2.24, 2.45) is 11.7 Å². The first kappa shape index (κ1) is 11.0. The van der Waals surface area contributed by atoms with Crippen LogP contribution < -0.4 is 5.73 Å². The minimum absolute atomic E-state index is 0.274. The van der Waals surface area contributed by atoms with Crippen LogP contribution in [-0.4, -0.2) is 30.0 Å². The molecule has 0 aromatic carbocycles. The molecule has 1 aliphatic rings. The molecule has 0 aliphatic heterocycles. The lowest BCUT2D eigenvalue weighted by atomic mass is 10.1. The van der Waals surface area contributed by atoms with E-state index in [0.717, 1.165) is 6.42 Å². The Labute approximate surface area is 80.3 Å². The average molecular weight is 187 g/mol. The number of rotatable bonds is 4. The highest BCUT2D eigenvalue weighted by Gasteiger charge is 2.28. The van der Waals surface area contributed by atoms with Gasteiger partial charge in [-0.2, -0.15) is 0 Å². The largest absolute Gasteiger partial charge is 0.388 e. The van der Waals surface area contributed by atoms with Crippen molar-refractivity contribution in [3.05, 3.63) is 0 Å². The Morgan fingerprint density at radius 2 is 2.15 bits per heavy atom. The standard InChI is InChI=1S/C10H21NO2/c1-10(2,12)7-13-9-5-3-4-8(9)6-11/h8-9,12H,3-7,11H2,1-2H3. The van der Waals surface area contributed by atoms with Gasteiger partial charge in [-0.25, -0.2) is 0 Å². The molecule has 0 amide bonds. The smallest absolute Gasteiger partial charge is 0.0824 e. The second kappa shape index (κ2) is 4.40. The predicted molar refractivity (Wildman–Crippen MR) is 52.4 cm³/mol. The van der Waals surface area contributed by atoms with E-state index < -0.39 is 5.60 Å². The van der Waals surface area contributed by atoms with Gasteiger partial charge in [0.05, 0.1) is 18.3 Å². The molecule has 2 unspecified atom stereocenters. The molecular formula is C10H21NO2. The van der Waals surface area contributed by atoms with Crippen LogP contribution >= 0.6 is 0 Å². The Bertz CT molecular complexity index is 153. The predicted octanol–water partition coefficient (Wildman–Crippen LogP) is 0.901. The lowest BCUT2D eigenvalue weighted by Crippen LogP contribution is -2.32. The van der Waals surface area contributed by atoms with Crippen LogP contribution in [-0.2, 0) is 4.74 Å². The van der Waals surface area contributed by atoms with Crippen LogP contribution in [0.2, 0.25) is 0 Å². The summed E-state index contributed by atoms with van der Waals surface area (Å²) in [6.45, 7) is 4.64. The van der Waals surface area contributed by atoms with Crippen LogP contribution in [0.5, 0.6) is 0 Å². The Morgan fingerprint density at radius 1 is 1.46 bits per heavy atom. The number of aliphatic hydroxyl groups is 1. The molecule has 1 fully saturated rings. The maximum atomic E-state index is 9.48. The van der Waals surface area contributed by atoms with Gasteiger partial charge in [-0.3, -0.25) is 0 Å². The quantitative estimate of drug-likeness (QED) is 0.687. The lowest BCUT2D eigenvalue weighted by molar-refractivity contribution is -0.0623. The summed E-state index contributed by atoms with van der Waals surface area (Å²) in [5.74, 6) is 0.502. The third-order valence-corrected chi connectivity index (χ3v) is 2.54. The normalized spacial score (nSPS) is 29.5. The van der Waals surface area contributed by atoms with Crippen LogP contribution in [0.25, 0.3) is 0 Å². The summed E-state index contributed by atoms with van der Waals surface area (Å²) < 4.78 is 5.64. The maximum Gasteiger partial charge on any atom is 0.0824 e. The molecule has 0 aromatic rings. The van der Waals surface area contributed by atoms with Gasteiger partial charge < -0.3 is 15.6 Å². The first-order chi connectivity index (χ1) is 6.03. The number of ether oxygens (including phenoxy) is 1. The second-order valence-corrected chi connectivity index (χ2v) is 4.59. The van der Waals surface area contributed by atoms with Crippen molar-refractivity contribution in [2.45, 2.75) is 44.8 Å². The van der Waals surface area contributed by atoms with E-state index in [4.69, 9.17) is 10.5 Å². The summed E-state index contributed by atoms with van der Waals surface area (Å²) in [5, 5.41) is 9.48. The highest BCUT2D eigenvalue weighted by Crippen LogP contribution is 2.27. The molecule has 3 heteroatoms. The third-order valence-electron chi connectivity index (χ3n) is 2.54. The monoisotopic (exact) mass is 187 g/mol. The van der Waals surface area contributed by atoms with Gasteiger partial charge >= 0.3 is 0 Å². The summed E-state index contributed by atoms with van der Waals surface area (Å²) in [5.41, 5.74) is 4.90. The van der Waals surface area contributed by atoms with Gasteiger partial charge in [-0.05, 0) is 39.2 Å². The van der Waals surface area contributed by atoms with Crippen molar-refractivity contribution in [3.8, 4) is 0 Å². The van der Waals surface area contributed by atoms with E-state index in [2.05, 4.69) is 0 Å². The molecule has 3 nitrogen and oxygen atoms in total. The molecule has 0 bridgehead atoms. The molecule has 0 spiro atoms. The van der Waals surface area contributed by atoms with E-state index in [9.17, 15) is 5.11 Å². The van der Waals surface area contributed by atoms with Gasteiger partial charge in [0, 0.05) is 0 Å². The van der Waals surface area contributed by atoms with Gasteiger partial charge in [-0.15, -0.1) is 0 Å². The van der Waals surface area contributed by atoms with E-state index in [1.54, 1.807) is 13.8 Å². The molecule has 0 aromatic heterocycles. The van der Waals surface area contributed by atoms with Crippen molar-refractivity contribution in [3.63, 3.8) is 0 Å². The number of hydrogen-bond donors (Lipinski definition) is 2. The Morgan fingerprint density at radius 3 is 2.69 bits per heavy atom. The van der Waals surface area contributed by atoms with Gasteiger partial charge in [0.15, 0.2) is 0 Å². The fourth-order valence-electron chi connectivity index (χ4n) is 1.80. The minimum Gasteiger partial charge on any atom is -0.388 e. The van der Waals surface area contributed by atoms with E-state index in [0.29, 0.717) is 19.1 Å². The van der Waals surface area contributed by atoms with E-state index in [1.165, 1.54) is 12.8 Å². The molecule has 3 N–H and O–H groups in total. The number of hydrogen-bond acceptors (Lipinski definition) is 3. The molecule has 1 aliphatic carbocycles. The molecule has 0 saturated heterocycles. The van der Waals surface area contributed by atoms with E-state index in [-0.39, 0.29) is 6.10 Å². The Hall–Kier alpha value is -0.120. The fraction of sp³-hybridized carbons (Fsp3) is 1.00. The summed E-state index contributed by atoms with van der Waals surface area (Å²) in [7, 11) is 0. The van der Waals surface area contributed by atoms with Gasteiger partial charge in [0.25, 0.3) is 0 Å². The second-order valence-electron chi connectivity index (χ2n) is 4.59. The maximum absolute atomic E-state index is 9.48. The van der Waals surface area contributed by atoms with Gasteiger partial charge in [0.1, 0.15) is 0 Å². The van der Waals surface area contributed by atoms with Crippen LogP contribution in [0.3, 0.4) is 0 Å². The van der Waals surface area contributed by atoms with Crippen molar-refractivity contribution >= 4 is 0 Å². The first-order valence-electron chi connectivity index (χ1n) is 5.07. The summed E-state index contributed by atoms with van der Waals surface area (Å²) in [4.78, 5) is 0. The summed E-state index contributed by atoms with van der Waals surface area (Å²) in [6, 6.07) is 0. The van der Waals surface area contributed by atoms with Gasteiger partial charge in [0.2, 0.25) is 0 Å². The lowest BCUT2D eigenvalue weighted by Gasteiger charge is -2.23. The SMILES string of the molecule is CC(C)(O)COC1CCCC1CN. The molecule has 13 heavy (non-hydrogen) atoms. The van der Waals surface area contributed by atoms with E-state index >= 15 is 0 Å². The zero-order valence-electron chi connectivity index (χ0n) is 8.62. The molecule has 78 valence electrons. The Balaban J connectivity index is 2.28. The van der Waals surface area contributed by atoms with Crippen LogP contribution in [0, 0.1) is 5.92 Å². The molecule has 0 heterocycles. The van der Waals surface area contributed by atoms with Crippen LogP contribution in [0.1, 0.15) is 33.1 Å². The van der Waals surface area contributed by atoms with Crippen LogP contribution in [0.15, 0.2) is 0 Å². The van der Waals surface area contributed by atoms with Crippen molar-refractivity contribution in [2.75, 3.05) is 13.2 Å². The summed E-state index contributed by atoms with van der Waals surface area (Å²) in [6.07, 6.45) is 3.75. The van der Waals surface area contributed by atoms with E-state index in [1.807, 2.05) is 0 Å². The van der Waals surface area contributed by atoms with Crippen molar-refractivity contribution in [1.82, 2.24) is 0 Å². The minimum atomic E-state index is -0.720. The molecule has 1 rings (SSSR count). The zero-order chi connectivity index (χ0) is 9.90. The fourth-order valence-corrected chi connectivity index (χ4v) is 1.80. The number of nitrogens with two attached hydrogens (primary N) is 1. The molecule has 0 radical (unpaired) electrons. The zero-order valence-corrected chi connectivity index (χ0v) is 8.62. The van der Waals surface area contributed by atoms with Crippen LogP contribution in [0.4, 0.5) is 0 Å². The van der Waals surface area contributed by atoms with Crippen molar-refractivity contribution < 1.29 is 9.84 Å². The average Bonchev–Trinajstić information content (AvgIpc) is 2.46. The third kappa shape index (κ3) is 3.63. The van der Waals surface area contributed by atoms with Gasteiger partial charge in [-0.1, -0.05) is 6.42 Å². The highest BCUT2D eigenvalue weighted by atomic mass is 16.5. The topological polar surface area (TPSA) is 55.5 Å². The molecular weight excluding hydrogens is 166 g/mol. The Kier molecular flexibility index (Phi) is 3.71. The summed E-state index contributed by atoms with van der Waals surface area (Å²) >= 11 is 0. The van der Waals surface area contributed by atoms with Crippen molar-refractivity contribution in [1.29, 1.82) is 0 Å². The highest BCUT2D eigenvalue weighted by molar-refractivity contribution is 4.79. The molecule has 1 saturated carbocycles. The first-order valence-corrected chi connectivity index (χ1v) is 5.07. The molecule has 2 atom stereocenters.